The van der Waals surface area contributed by atoms with Gasteiger partial charge in [-0.05, 0) is 43.9 Å². The van der Waals surface area contributed by atoms with Crippen LogP contribution in [0.5, 0.6) is 0 Å². The average molecular weight is 380 g/mol. The number of fused-ring (bicyclic) bond motifs is 1. The summed E-state index contributed by atoms with van der Waals surface area (Å²) in [6, 6.07) is 15.1. The first-order valence-corrected chi connectivity index (χ1v) is 9.69. The second kappa shape index (κ2) is 8.22. The topological polar surface area (TPSA) is 68.3 Å². The van der Waals surface area contributed by atoms with Gasteiger partial charge in [0.05, 0.1) is 22.5 Å². The molecule has 3 rings (SSSR count). The number of benzene rings is 2. The summed E-state index contributed by atoms with van der Waals surface area (Å²) < 4.78 is 5.25. The number of nitrogens with one attached hydrogen (secondary N) is 1. The zero-order valence-corrected chi connectivity index (χ0v) is 16.2. The standard InChI is InChI=1S/C21H20N2O3S/c1-13-15-8-4-5-9-16(15)22-14(2)20(13)21(25)26-12-19(24)23-17-10-6-7-11-18(17)27-3/h4-11H,12H2,1-3H3,(H,23,24). The molecular formula is C21H20N2O3S. The smallest absolute Gasteiger partial charge is 0.340 e. The van der Waals surface area contributed by atoms with E-state index in [9.17, 15) is 9.59 Å². The number of nitrogens with zero attached hydrogens (tertiary/aromatic N) is 1. The van der Waals surface area contributed by atoms with Gasteiger partial charge in [0.15, 0.2) is 6.61 Å². The first-order valence-electron chi connectivity index (χ1n) is 8.47. The molecule has 0 aliphatic rings. The first-order chi connectivity index (χ1) is 13.0. The van der Waals surface area contributed by atoms with Gasteiger partial charge in [-0.25, -0.2) is 4.79 Å². The molecule has 5 nitrogen and oxygen atoms in total. The molecule has 1 aromatic heterocycles. The van der Waals surface area contributed by atoms with Gasteiger partial charge in [-0.2, -0.15) is 0 Å². The summed E-state index contributed by atoms with van der Waals surface area (Å²) in [5.74, 6) is -0.926. The van der Waals surface area contributed by atoms with Crippen LogP contribution in [-0.2, 0) is 9.53 Å². The number of esters is 1. The molecule has 0 radical (unpaired) electrons. The number of ether oxygens (including phenoxy) is 1. The van der Waals surface area contributed by atoms with E-state index in [1.807, 2.05) is 61.7 Å². The summed E-state index contributed by atoms with van der Waals surface area (Å²) in [6.07, 6.45) is 1.93. The summed E-state index contributed by atoms with van der Waals surface area (Å²) in [7, 11) is 0. The third-order valence-corrected chi connectivity index (χ3v) is 5.05. The van der Waals surface area contributed by atoms with E-state index in [-0.39, 0.29) is 12.5 Å². The SMILES string of the molecule is CSc1ccccc1NC(=O)COC(=O)c1c(C)nc2ccccc2c1C. The van der Waals surface area contributed by atoms with Crippen molar-refractivity contribution in [1.82, 2.24) is 4.98 Å². The monoisotopic (exact) mass is 380 g/mol. The van der Waals surface area contributed by atoms with Gasteiger partial charge < -0.3 is 10.1 Å². The number of para-hydroxylation sites is 2. The van der Waals surface area contributed by atoms with E-state index < -0.39 is 5.97 Å². The van der Waals surface area contributed by atoms with E-state index in [2.05, 4.69) is 10.3 Å². The number of rotatable bonds is 5. The summed E-state index contributed by atoms with van der Waals surface area (Å²) in [4.78, 5) is 30.2. The lowest BCUT2D eigenvalue weighted by Crippen LogP contribution is -2.22. The van der Waals surface area contributed by atoms with Crippen LogP contribution in [-0.4, -0.2) is 29.7 Å². The molecular weight excluding hydrogens is 360 g/mol. The Kier molecular flexibility index (Phi) is 5.76. The fourth-order valence-electron chi connectivity index (χ4n) is 2.97. The molecule has 0 fully saturated rings. The number of thioether (sulfide) groups is 1. The van der Waals surface area contributed by atoms with Crippen LogP contribution in [0.1, 0.15) is 21.6 Å². The molecule has 0 bridgehead atoms. The van der Waals surface area contributed by atoms with Crippen LogP contribution in [0.3, 0.4) is 0 Å². The zero-order valence-electron chi connectivity index (χ0n) is 15.4. The number of aryl methyl sites for hydroxylation is 2. The van der Waals surface area contributed by atoms with Gasteiger partial charge in [-0.1, -0.05) is 30.3 Å². The van der Waals surface area contributed by atoms with Crippen LogP contribution in [0, 0.1) is 13.8 Å². The van der Waals surface area contributed by atoms with E-state index in [1.54, 1.807) is 6.92 Å². The lowest BCUT2D eigenvalue weighted by molar-refractivity contribution is -0.119. The Morgan fingerprint density at radius 1 is 1.07 bits per heavy atom. The van der Waals surface area contributed by atoms with Crippen LogP contribution in [0.15, 0.2) is 53.4 Å². The van der Waals surface area contributed by atoms with Crippen molar-refractivity contribution in [3.05, 3.63) is 65.4 Å². The molecule has 2 aromatic carbocycles. The largest absolute Gasteiger partial charge is 0.452 e. The summed E-state index contributed by atoms with van der Waals surface area (Å²) in [5.41, 5.74) is 3.33. The highest BCUT2D eigenvalue weighted by Gasteiger charge is 2.19. The van der Waals surface area contributed by atoms with Gasteiger partial charge in [-0.15, -0.1) is 11.8 Å². The maximum atomic E-state index is 12.6. The maximum Gasteiger partial charge on any atom is 0.340 e. The number of carbonyl (C=O) groups excluding carboxylic acids is 2. The van der Waals surface area contributed by atoms with E-state index in [0.29, 0.717) is 16.9 Å². The predicted octanol–water partition coefficient (Wildman–Crippen LogP) is 4.37. The van der Waals surface area contributed by atoms with Crippen molar-refractivity contribution in [3.63, 3.8) is 0 Å². The van der Waals surface area contributed by atoms with E-state index >= 15 is 0 Å². The number of pyridine rings is 1. The van der Waals surface area contributed by atoms with Crippen LogP contribution >= 0.6 is 11.8 Å². The van der Waals surface area contributed by atoms with Crippen molar-refractivity contribution in [3.8, 4) is 0 Å². The molecule has 0 atom stereocenters. The van der Waals surface area contributed by atoms with Gasteiger partial charge in [-0.3, -0.25) is 9.78 Å². The minimum atomic E-state index is -0.545. The van der Waals surface area contributed by atoms with E-state index in [4.69, 9.17) is 4.74 Å². The molecule has 1 amide bonds. The van der Waals surface area contributed by atoms with Crippen molar-refractivity contribution >= 4 is 40.2 Å². The molecule has 1 heterocycles. The second-order valence-electron chi connectivity index (χ2n) is 6.04. The van der Waals surface area contributed by atoms with Gasteiger partial charge in [0.25, 0.3) is 5.91 Å². The fraction of sp³-hybridized carbons (Fsp3) is 0.190. The normalized spacial score (nSPS) is 10.6. The van der Waals surface area contributed by atoms with Gasteiger partial charge in [0, 0.05) is 10.3 Å². The number of hydrogen-bond acceptors (Lipinski definition) is 5. The molecule has 0 unspecified atom stereocenters. The van der Waals surface area contributed by atoms with Crippen molar-refractivity contribution in [2.45, 2.75) is 18.7 Å². The minimum Gasteiger partial charge on any atom is -0.452 e. The molecule has 0 saturated carbocycles. The Labute approximate surface area is 162 Å². The average Bonchev–Trinajstić information content (AvgIpc) is 2.67. The molecule has 0 spiro atoms. The molecule has 3 aromatic rings. The highest BCUT2D eigenvalue weighted by molar-refractivity contribution is 7.98. The second-order valence-corrected chi connectivity index (χ2v) is 6.89. The highest BCUT2D eigenvalue weighted by Crippen LogP contribution is 2.25. The van der Waals surface area contributed by atoms with Crippen molar-refractivity contribution < 1.29 is 14.3 Å². The lowest BCUT2D eigenvalue weighted by atomic mass is 10.0. The third-order valence-electron chi connectivity index (χ3n) is 4.25. The van der Waals surface area contributed by atoms with Crippen molar-refractivity contribution in [2.75, 3.05) is 18.2 Å². The Balaban J connectivity index is 1.72. The quantitative estimate of drug-likeness (QED) is 0.526. The van der Waals surface area contributed by atoms with Crippen LogP contribution < -0.4 is 5.32 Å². The molecule has 6 heteroatoms. The van der Waals surface area contributed by atoms with Gasteiger partial charge >= 0.3 is 5.97 Å². The minimum absolute atomic E-state index is 0.354. The number of amides is 1. The van der Waals surface area contributed by atoms with Crippen LogP contribution in [0.2, 0.25) is 0 Å². The molecule has 0 saturated heterocycles. The summed E-state index contributed by atoms with van der Waals surface area (Å²) >= 11 is 1.53. The van der Waals surface area contributed by atoms with E-state index in [1.165, 1.54) is 11.8 Å². The Bertz CT molecular complexity index is 1020. The maximum absolute atomic E-state index is 12.6. The molecule has 27 heavy (non-hydrogen) atoms. The summed E-state index contributed by atoms with van der Waals surface area (Å²) in [5, 5.41) is 3.67. The molecule has 0 aliphatic heterocycles. The highest BCUT2D eigenvalue weighted by atomic mass is 32.2. The van der Waals surface area contributed by atoms with Crippen LogP contribution in [0.25, 0.3) is 10.9 Å². The predicted molar refractivity (Wildman–Crippen MR) is 108 cm³/mol. The fourth-order valence-corrected chi connectivity index (χ4v) is 3.52. The molecule has 138 valence electrons. The van der Waals surface area contributed by atoms with Crippen LogP contribution in [0.4, 0.5) is 5.69 Å². The Hall–Kier alpha value is -2.86. The first kappa shape index (κ1) is 18.9. The third kappa shape index (κ3) is 4.11. The molecule has 1 N–H and O–H groups in total. The Morgan fingerprint density at radius 2 is 1.78 bits per heavy atom. The van der Waals surface area contributed by atoms with E-state index in [0.717, 1.165) is 21.4 Å². The Morgan fingerprint density at radius 3 is 2.56 bits per heavy atom. The van der Waals surface area contributed by atoms with Crippen molar-refractivity contribution in [1.29, 1.82) is 0 Å². The number of hydrogen-bond donors (Lipinski definition) is 1. The van der Waals surface area contributed by atoms with Gasteiger partial charge in [0.1, 0.15) is 0 Å². The van der Waals surface area contributed by atoms with Crippen molar-refractivity contribution in [2.24, 2.45) is 0 Å². The summed E-state index contributed by atoms with van der Waals surface area (Å²) in [6.45, 7) is 3.28. The lowest BCUT2D eigenvalue weighted by Gasteiger charge is -2.13. The van der Waals surface area contributed by atoms with Gasteiger partial charge in [0.2, 0.25) is 0 Å². The number of aromatic nitrogens is 1. The molecule has 0 aliphatic carbocycles. The number of anilines is 1. The number of carbonyl (C=O) groups is 2. The zero-order chi connectivity index (χ0) is 19.4.